The summed E-state index contributed by atoms with van der Waals surface area (Å²) < 4.78 is 49.5. The molecule has 1 aromatic carbocycles. The van der Waals surface area contributed by atoms with E-state index < -0.39 is 17.9 Å². The first-order chi connectivity index (χ1) is 13.4. The van der Waals surface area contributed by atoms with Crippen LogP contribution in [0.15, 0.2) is 24.3 Å². The van der Waals surface area contributed by atoms with Gasteiger partial charge in [-0.3, -0.25) is 0 Å². The summed E-state index contributed by atoms with van der Waals surface area (Å²) in [6.45, 7) is 0.229. The minimum absolute atomic E-state index is 0.0695. The Morgan fingerprint density at radius 2 is 1.93 bits per heavy atom. The molecule has 0 radical (unpaired) electrons. The average Bonchev–Trinajstić information content (AvgIpc) is 3.39. The Labute approximate surface area is 158 Å². The summed E-state index contributed by atoms with van der Waals surface area (Å²) in [6.07, 6.45) is -2.75. The van der Waals surface area contributed by atoms with Gasteiger partial charge in [-0.25, -0.2) is 14.8 Å². The lowest BCUT2D eigenvalue weighted by molar-refractivity contribution is -0.141. The van der Waals surface area contributed by atoms with Crippen LogP contribution >= 0.6 is 0 Å². The van der Waals surface area contributed by atoms with Gasteiger partial charge in [0.05, 0.1) is 0 Å². The number of anilines is 1. The molecule has 0 atom stereocenters. The molecule has 1 saturated carbocycles. The Morgan fingerprint density at radius 1 is 1.14 bits per heavy atom. The fraction of sp³-hybridized carbons (Fsp3) is 0.389. The summed E-state index contributed by atoms with van der Waals surface area (Å²) in [4.78, 5) is 19.8. The van der Waals surface area contributed by atoms with Crippen molar-refractivity contribution in [1.82, 2.24) is 15.3 Å². The lowest BCUT2D eigenvalue weighted by atomic mass is 10.2. The number of carbonyl (C=O) groups excluding carboxylic acids is 1. The van der Waals surface area contributed by atoms with Crippen LogP contribution in [0.3, 0.4) is 0 Å². The molecule has 2 amide bonds. The number of alkyl halides is 3. The van der Waals surface area contributed by atoms with E-state index in [2.05, 4.69) is 20.6 Å². The van der Waals surface area contributed by atoms with Gasteiger partial charge < -0.3 is 20.1 Å². The molecule has 0 spiro atoms. The monoisotopic (exact) mass is 394 g/mol. The molecular formula is C18H17F3N4O3. The molecule has 7 nitrogen and oxygen atoms in total. The summed E-state index contributed by atoms with van der Waals surface area (Å²) in [6, 6.07) is 5.48. The topological polar surface area (TPSA) is 85.4 Å². The largest absolute Gasteiger partial charge is 0.454 e. The zero-order chi connectivity index (χ0) is 19.7. The first kappa shape index (κ1) is 18.3. The van der Waals surface area contributed by atoms with E-state index in [0.29, 0.717) is 22.9 Å². The van der Waals surface area contributed by atoms with Crippen LogP contribution in [-0.2, 0) is 12.6 Å². The van der Waals surface area contributed by atoms with Crippen molar-refractivity contribution in [3.05, 3.63) is 41.5 Å². The molecule has 1 aromatic heterocycles. The fourth-order valence-corrected chi connectivity index (χ4v) is 2.80. The van der Waals surface area contributed by atoms with Crippen molar-refractivity contribution in [2.75, 3.05) is 18.7 Å². The van der Waals surface area contributed by atoms with Crippen LogP contribution in [0.1, 0.15) is 36.0 Å². The van der Waals surface area contributed by atoms with E-state index in [0.717, 1.165) is 18.9 Å². The number of aromatic nitrogens is 2. The van der Waals surface area contributed by atoms with Crippen LogP contribution in [0.25, 0.3) is 0 Å². The zero-order valence-corrected chi connectivity index (χ0v) is 14.7. The molecule has 2 aromatic rings. The standard InChI is InChI=1S/C18H17F3N4O3/c19-18(20,21)15-8-12(10-1-2-10)24-16(25-15)5-6-22-17(26)23-11-3-4-13-14(7-11)28-9-27-13/h3-4,7-8,10H,1-2,5-6,9H2,(H2,22,23,26). The Kier molecular flexibility index (Phi) is 4.70. The van der Waals surface area contributed by atoms with Crippen molar-refractivity contribution in [3.63, 3.8) is 0 Å². The Hall–Kier alpha value is -3.04. The normalized spacial score (nSPS) is 15.4. The zero-order valence-electron chi connectivity index (χ0n) is 14.7. The Morgan fingerprint density at radius 3 is 2.68 bits per heavy atom. The first-order valence-corrected chi connectivity index (χ1v) is 8.78. The van der Waals surface area contributed by atoms with Gasteiger partial charge in [0.1, 0.15) is 11.5 Å². The molecule has 0 saturated heterocycles. The van der Waals surface area contributed by atoms with Crippen molar-refractivity contribution in [3.8, 4) is 11.5 Å². The van der Waals surface area contributed by atoms with E-state index in [1.54, 1.807) is 18.2 Å². The van der Waals surface area contributed by atoms with E-state index in [1.807, 2.05) is 0 Å². The van der Waals surface area contributed by atoms with Crippen LogP contribution in [0.5, 0.6) is 11.5 Å². The smallest absolute Gasteiger partial charge is 0.433 e. The highest BCUT2D eigenvalue weighted by Gasteiger charge is 2.35. The molecule has 2 N–H and O–H groups in total. The van der Waals surface area contributed by atoms with Crippen molar-refractivity contribution >= 4 is 11.7 Å². The van der Waals surface area contributed by atoms with E-state index >= 15 is 0 Å². The molecule has 1 aliphatic heterocycles. The number of halogens is 3. The highest BCUT2D eigenvalue weighted by atomic mass is 19.4. The third kappa shape index (κ3) is 4.26. The molecule has 148 valence electrons. The summed E-state index contributed by atoms with van der Waals surface area (Å²) in [5.41, 5.74) is -0.0144. The predicted octanol–water partition coefficient (Wildman–Crippen LogP) is 3.47. The second-order valence-corrected chi connectivity index (χ2v) is 6.57. The van der Waals surface area contributed by atoms with Crippen LogP contribution in [0.2, 0.25) is 0 Å². The van der Waals surface area contributed by atoms with Gasteiger partial charge in [0.2, 0.25) is 6.79 Å². The lowest BCUT2D eigenvalue weighted by Gasteiger charge is -2.11. The number of hydrogen-bond acceptors (Lipinski definition) is 5. The van der Waals surface area contributed by atoms with Crippen LogP contribution in [0.4, 0.5) is 23.7 Å². The third-order valence-electron chi connectivity index (χ3n) is 4.34. The van der Waals surface area contributed by atoms with Gasteiger partial charge in [-0.15, -0.1) is 0 Å². The number of hydrogen-bond donors (Lipinski definition) is 2. The molecule has 0 unspecified atom stereocenters. The molecular weight excluding hydrogens is 377 g/mol. The molecule has 1 aliphatic carbocycles. The van der Waals surface area contributed by atoms with Crippen molar-refractivity contribution in [2.24, 2.45) is 0 Å². The molecule has 1 fully saturated rings. The van der Waals surface area contributed by atoms with E-state index in [1.165, 1.54) is 0 Å². The van der Waals surface area contributed by atoms with Crippen LogP contribution < -0.4 is 20.1 Å². The number of nitrogens with zero attached hydrogens (tertiary/aromatic N) is 2. The van der Waals surface area contributed by atoms with Gasteiger partial charge in [0, 0.05) is 36.3 Å². The lowest BCUT2D eigenvalue weighted by Crippen LogP contribution is -2.31. The van der Waals surface area contributed by atoms with Gasteiger partial charge in [-0.05, 0) is 31.0 Å². The minimum atomic E-state index is -4.52. The van der Waals surface area contributed by atoms with E-state index in [9.17, 15) is 18.0 Å². The maximum Gasteiger partial charge on any atom is 0.433 e. The number of nitrogens with one attached hydrogen (secondary N) is 2. The van der Waals surface area contributed by atoms with Crippen molar-refractivity contribution in [2.45, 2.75) is 31.4 Å². The number of carbonyl (C=O) groups is 1. The summed E-state index contributed by atoms with van der Waals surface area (Å²) in [7, 11) is 0. The summed E-state index contributed by atoms with van der Waals surface area (Å²) >= 11 is 0. The van der Waals surface area contributed by atoms with Crippen LogP contribution in [0, 0.1) is 0 Å². The predicted molar refractivity (Wildman–Crippen MR) is 92.3 cm³/mol. The number of rotatable bonds is 5. The van der Waals surface area contributed by atoms with E-state index in [4.69, 9.17) is 9.47 Å². The quantitative estimate of drug-likeness (QED) is 0.811. The number of fused-ring (bicyclic) bond motifs is 1. The van der Waals surface area contributed by atoms with E-state index in [-0.39, 0.29) is 31.5 Å². The number of ether oxygens (including phenoxy) is 2. The SMILES string of the molecule is O=C(NCCc1nc(C2CC2)cc(C(F)(F)F)n1)Nc1ccc2c(c1)OCO2. The minimum Gasteiger partial charge on any atom is -0.454 e. The highest BCUT2D eigenvalue weighted by molar-refractivity contribution is 5.89. The molecule has 4 rings (SSSR count). The highest BCUT2D eigenvalue weighted by Crippen LogP contribution is 2.40. The number of amides is 2. The number of benzene rings is 1. The third-order valence-corrected chi connectivity index (χ3v) is 4.34. The maximum absolute atomic E-state index is 13.0. The fourth-order valence-electron chi connectivity index (χ4n) is 2.80. The molecule has 10 heteroatoms. The number of urea groups is 1. The van der Waals surface area contributed by atoms with Gasteiger partial charge in [-0.1, -0.05) is 0 Å². The average molecular weight is 394 g/mol. The summed E-state index contributed by atoms with van der Waals surface area (Å²) in [5, 5.41) is 5.21. The van der Waals surface area contributed by atoms with Crippen molar-refractivity contribution < 1.29 is 27.4 Å². The van der Waals surface area contributed by atoms with Gasteiger partial charge in [-0.2, -0.15) is 13.2 Å². The second-order valence-electron chi connectivity index (χ2n) is 6.57. The van der Waals surface area contributed by atoms with Crippen LogP contribution in [-0.4, -0.2) is 29.3 Å². The molecule has 2 heterocycles. The van der Waals surface area contributed by atoms with Gasteiger partial charge >= 0.3 is 12.2 Å². The van der Waals surface area contributed by atoms with Gasteiger partial charge in [0.25, 0.3) is 0 Å². The first-order valence-electron chi connectivity index (χ1n) is 8.78. The maximum atomic E-state index is 13.0. The molecule has 28 heavy (non-hydrogen) atoms. The Bertz CT molecular complexity index is 900. The Balaban J connectivity index is 1.34. The summed E-state index contributed by atoms with van der Waals surface area (Å²) in [5.74, 6) is 1.27. The molecule has 2 aliphatic rings. The van der Waals surface area contributed by atoms with Gasteiger partial charge in [0.15, 0.2) is 11.5 Å². The molecule has 0 bridgehead atoms. The second kappa shape index (κ2) is 7.17. The van der Waals surface area contributed by atoms with Crippen molar-refractivity contribution in [1.29, 1.82) is 0 Å².